The second-order valence-electron chi connectivity index (χ2n) is 32.3. The molecule has 3 aliphatic carbocycles. The first-order chi connectivity index (χ1) is 58.9. The topological polar surface area (TPSA) is 214 Å². The second-order valence-corrected chi connectivity index (χ2v) is 32.3. The first-order valence-corrected chi connectivity index (χ1v) is 44.6. The molecule has 124 heavy (non-hydrogen) atoms. The maximum Gasteiger partial charge on any atom is 0.163 e. The molecule has 7 heterocycles. The van der Waals surface area contributed by atoms with Gasteiger partial charge in [-0.1, -0.05) is 88.6 Å². The van der Waals surface area contributed by atoms with Crippen LogP contribution in [0.2, 0.25) is 0 Å². The van der Waals surface area contributed by atoms with Crippen molar-refractivity contribution in [1.82, 2.24) is 34.4 Å². The summed E-state index contributed by atoms with van der Waals surface area (Å²) in [7, 11) is 6.20. The van der Waals surface area contributed by atoms with Crippen LogP contribution in [-0.4, -0.2) is 194 Å². The number of aryl methyl sites for hydroxylation is 1. The molecule has 0 bridgehead atoms. The van der Waals surface area contributed by atoms with Crippen molar-refractivity contribution in [2.75, 3.05) is 137 Å². The number of anilines is 5. The number of likely N-dealkylation sites (N-methyl/N-ethyl adjacent to an activating group) is 2. The third-order valence-corrected chi connectivity index (χ3v) is 24.0. The molecule has 658 valence electrons. The van der Waals surface area contributed by atoms with E-state index in [1.165, 1.54) is 11.9 Å². The third-order valence-electron chi connectivity index (χ3n) is 24.0. The molecule has 14 rings (SSSR count). The van der Waals surface area contributed by atoms with E-state index < -0.39 is 0 Å². The molecule has 2 N–H and O–H groups in total. The van der Waals surface area contributed by atoms with Gasteiger partial charge in [-0.3, -0.25) is 40.0 Å². The Morgan fingerprint density at radius 3 is 1.42 bits per heavy atom. The van der Waals surface area contributed by atoms with E-state index in [9.17, 15) is 28.8 Å². The van der Waals surface area contributed by atoms with Gasteiger partial charge in [-0.05, 0) is 249 Å². The number of piperazine rings is 3. The van der Waals surface area contributed by atoms with Crippen LogP contribution in [0.15, 0.2) is 172 Å². The fraction of sp³-hybridized carbons (Fsp3) is 0.451. The molecule has 0 saturated carbocycles. The Balaban J connectivity index is 0.000000246. The Morgan fingerprint density at radius 1 is 0.524 bits per heavy atom. The Morgan fingerprint density at radius 2 is 0.968 bits per heavy atom. The van der Waals surface area contributed by atoms with Gasteiger partial charge in [0.05, 0.1) is 11.7 Å². The summed E-state index contributed by atoms with van der Waals surface area (Å²) >= 11 is 0. The van der Waals surface area contributed by atoms with E-state index in [-0.39, 0.29) is 113 Å². The fourth-order valence-electron chi connectivity index (χ4n) is 17.3. The Kier molecular flexibility index (Phi) is 41.8. The molecule has 0 unspecified atom stereocenters. The first kappa shape index (κ1) is 103. The number of fused-ring (bicyclic) bond motifs is 1. The number of hydrogen-bond acceptors (Lipinski definition) is 19. The maximum absolute atomic E-state index is 14.0. The van der Waals surface area contributed by atoms with Crippen LogP contribution in [-0.2, 0) is 91.6 Å². The van der Waals surface area contributed by atoms with Crippen molar-refractivity contribution in [1.29, 1.82) is 5.41 Å². The standard InChI is InChI=1S/C36H47N3O3.C30H34N5O2.C30H36N5O2.3C2H6.2Y/c1-6-39(30-12-18-42-19-13-30)34-24-29(28-8-7-9-31(22-28)38-16-14-37(5)15-17-38)23-33(27(34)4)35(40)11-10-32-26(3)20-25(2)21-36(32)41;1-5-34-10-12-35(13-11-34)30-9-6-22(18-31-30)23-16-25(26-19-32-33(4)27(26)17-23)28(36)8-7-24-21(3)14-20(2)15-29(24)37;1-5-32-27-17-23(22-6-9-30(33-19-22)35-12-10-34(4)11-13-35)16-25(26(27)18-31)28(36)8-7-24-21(3)14-20(2)15-29(24)37;3*1-2;;/h7-9,20,22-24,30H,6,10-19,21H2,1-5H3;5-6,9,14,16-19H,7-8,10-13,15H2,1-4H3;5-6,9,14,16-19,31-32H,7-8,10-13,15H2,1-4H3;3*1-2H3;;/q;2*-1;;;;;. The van der Waals surface area contributed by atoms with Crippen LogP contribution in [0.4, 0.5) is 28.7 Å². The molecule has 4 aliphatic heterocycles. The zero-order chi connectivity index (χ0) is 88.4. The van der Waals surface area contributed by atoms with Gasteiger partial charge in [0, 0.05) is 277 Å². The van der Waals surface area contributed by atoms with Crippen LogP contribution < -0.4 is 24.9 Å². The van der Waals surface area contributed by atoms with Gasteiger partial charge in [-0.25, -0.2) is 16.5 Å². The molecule has 4 saturated heterocycles. The zero-order valence-electron chi connectivity index (χ0n) is 77.7. The molecular formula is C102H135N13O7Y2-2. The van der Waals surface area contributed by atoms with Crippen LogP contribution in [0.5, 0.6) is 0 Å². The number of carbonyl (C=O) groups is 6. The summed E-state index contributed by atoms with van der Waals surface area (Å²) in [4.78, 5) is 105. The number of benzene rings is 4. The van der Waals surface area contributed by atoms with Crippen molar-refractivity contribution in [2.45, 2.75) is 187 Å². The number of pyridine rings is 2. The average molecular weight is 1830 g/mol. The smallest absolute Gasteiger partial charge is 0.163 e. The number of allylic oxidation sites excluding steroid dienone is 12. The van der Waals surface area contributed by atoms with Crippen molar-refractivity contribution in [3.05, 3.63) is 213 Å². The Hall–Kier alpha value is -8.17. The predicted molar refractivity (Wildman–Crippen MR) is 505 cm³/mol. The predicted octanol–water partition coefficient (Wildman–Crippen LogP) is 20.1. The number of ketones is 6. The molecule has 0 atom stereocenters. The SMILES string of the molecule is CC.CC.CC.CCN(c1cc(-c2cccc(N3CCN(C)CC3)c2)cc(C(=O)CCC2=C(C)C=C(C)CC2=O)c1C)C1CCOCC1.C[CH-]N1CCN(c2ccc(-c3cc(C(=O)CCC4=C(C)C=C(C)CC4=O)c4cnn(C)c4c3)cn2)CC1.C[CH-]Nc1cc(-c2ccc(N3CCN(C)CC3)nc2)cc(C(=O)CCC2=C(C)C=C(C)CC2=O)c1C=N.[Y].[Y]. The van der Waals surface area contributed by atoms with Crippen molar-refractivity contribution in [3.63, 3.8) is 0 Å². The molecule has 7 aliphatic rings. The van der Waals surface area contributed by atoms with Gasteiger partial charge in [0.25, 0.3) is 0 Å². The molecule has 7 aromatic rings. The molecule has 3 aromatic heterocycles. The van der Waals surface area contributed by atoms with Crippen LogP contribution in [0.3, 0.4) is 0 Å². The minimum atomic E-state index is -0.0825. The van der Waals surface area contributed by atoms with E-state index >= 15 is 0 Å². The van der Waals surface area contributed by atoms with Crippen molar-refractivity contribution in [2.24, 2.45) is 7.05 Å². The van der Waals surface area contributed by atoms with Crippen molar-refractivity contribution in [3.8, 4) is 33.4 Å². The normalized spacial score (nSPS) is 16.6. The summed E-state index contributed by atoms with van der Waals surface area (Å²) in [5.74, 6) is 2.36. The van der Waals surface area contributed by atoms with Gasteiger partial charge in [-0.15, -0.1) is 0 Å². The Bertz CT molecular complexity index is 5040. The number of nitrogens with one attached hydrogen (secondary N) is 2. The van der Waals surface area contributed by atoms with Gasteiger partial charge in [0.15, 0.2) is 34.7 Å². The van der Waals surface area contributed by atoms with Crippen molar-refractivity contribution >= 4 is 80.5 Å². The van der Waals surface area contributed by atoms with Crippen molar-refractivity contribution < 1.29 is 98.9 Å². The number of carbonyl (C=O) groups excluding carboxylic acids is 6. The van der Waals surface area contributed by atoms with E-state index in [1.54, 1.807) is 17.4 Å². The summed E-state index contributed by atoms with van der Waals surface area (Å²) < 4.78 is 7.48. The average Bonchev–Trinajstić information content (AvgIpc) is 1.42. The van der Waals surface area contributed by atoms with E-state index in [0.29, 0.717) is 73.4 Å². The van der Waals surface area contributed by atoms with E-state index in [1.807, 2.05) is 146 Å². The first-order valence-electron chi connectivity index (χ1n) is 44.6. The number of hydrogen-bond donors (Lipinski definition) is 2. The maximum atomic E-state index is 14.0. The van der Waals surface area contributed by atoms with Crippen LogP contribution in [0, 0.1) is 25.4 Å². The Labute approximate surface area is 790 Å². The number of aromatic nitrogens is 4. The number of Topliss-reactive ketones (excluding diaryl/α,β-unsaturated/α-hetero) is 6. The number of rotatable bonds is 25. The fourth-order valence-corrected chi connectivity index (χ4v) is 17.3. The largest absolute Gasteiger partial charge is 0.535 e. The summed E-state index contributed by atoms with van der Waals surface area (Å²) in [6, 6.07) is 29.6. The molecule has 20 nitrogen and oxygen atoms in total. The molecule has 0 amide bonds. The summed E-state index contributed by atoms with van der Waals surface area (Å²) in [6.45, 7) is 50.4. The zero-order valence-corrected chi connectivity index (χ0v) is 83.3. The third kappa shape index (κ3) is 26.7. The van der Waals surface area contributed by atoms with Crippen LogP contribution in [0.1, 0.15) is 217 Å². The second kappa shape index (κ2) is 50.4. The van der Waals surface area contributed by atoms with E-state index in [0.717, 1.165) is 234 Å². The molecular weight excluding hydrogens is 1700 g/mol. The minimum Gasteiger partial charge on any atom is -0.535 e. The molecule has 0 spiro atoms. The molecule has 2 radical (unpaired) electrons. The minimum absolute atomic E-state index is 0. The summed E-state index contributed by atoms with van der Waals surface area (Å²) in [6.07, 6.45) is 18.4. The number of ether oxygens (including phenoxy) is 1. The van der Waals surface area contributed by atoms with Crippen LogP contribution >= 0.6 is 0 Å². The van der Waals surface area contributed by atoms with E-state index in [2.05, 4.69) is 153 Å². The molecule has 22 heteroatoms. The van der Waals surface area contributed by atoms with Gasteiger partial charge < -0.3 is 49.8 Å². The summed E-state index contributed by atoms with van der Waals surface area (Å²) in [5.41, 5.74) is 21.7. The molecule has 4 aromatic carbocycles. The van der Waals surface area contributed by atoms with Gasteiger partial charge in [0.1, 0.15) is 11.6 Å². The van der Waals surface area contributed by atoms with Gasteiger partial charge >= 0.3 is 0 Å². The van der Waals surface area contributed by atoms with Gasteiger partial charge in [-0.2, -0.15) is 18.9 Å². The molecule has 4 fully saturated rings. The van der Waals surface area contributed by atoms with Crippen LogP contribution in [0.25, 0.3) is 44.3 Å². The van der Waals surface area contributed by atoms with Gasteiger partial charge in [0.2, 0.25) is 0 Å². The summed E-state index contributed by atoms with van der Waals surface area (Å²) in [5, 5.41) is 16.5. The monoisotopic (exact) mass is 1830 g/mol. The van der Waals surface area contributed by atoms with E-state index in [4.69, 9.17) is 20.1 Å². The number of nitrogens with zero attached hydrogens (tertiary/aromatic N) is 11. The quantitative estimate of drug-likeness (QED) is 0.0309.